The van der Waals surface area contributed by atoms with E-state index in [0.717, 1.165) is 50.8 Å². The van der Waals surface area contributed by atoms with Crippen LogP contribution in [-0.2, 0) is 0 Å². The average molecular weight is 888 g/mol. The number of hydrogen-bond donors (Lipinski definition) is 1. The molecule has 0 spiro atoms. The monoisotopic (exact) mass is 888 g/mol. The van der Waals surface area contributed by atoms with Gasteiger partial charge in [0, 0.05) is 39.9 Å². The second-order valence-electron chi connectivity index (χ2n) is 15.8. The highest BCUT2D eigenvalue weighted by Crippen LogP contribution is 2.44. The molecule has 3 heteroatoms. The van der Waals surface area contributed by atoms with Gasteiger partial charge in [0.2, 0.25) is 0 Å². The first kappa shape index (κ1) is 54.2. The third kappa shape index (κ3) is 13.3. The lowest BCUT2D eigenvalue weighted by atomic mass is 9.84. The van der Waals surface area contributed by atoms with E-state index < -0.39 is 0 Å². The van der Waals surface area contributed by atoms with Crippen molar-refractivity contribution in [1.29, 1.82) is 0 Å². The van der Waals surface area contributed by atoms with Crippen LogP contribution in [-0.4, -0.2) is 4.57 Å². The summed E-state index contributed by atoms with van der Waals surface area (Å²) >= 11 is 0. The summed E-state index contributed by atoms with van der Waals surface area (Å²) in [5, 5.41) is 1.14. The highest BCUT2D eigenvalue weighted by molar-refractivity contribution is 6.03. The number of hydrogen-bond acceptors (Lipinski definition) is 2. The van der Waals surface area contributed by atoms with E-state index >= 15 is 0 Å². The molecule has 2 unspecified atom stereocenters. The number of aryl methyl sites for hydroxylation is 1. The van der Waals surface area contributed by atoms with E-state index in [2.05, 4.69) is 217 Å². The predicted molar refractivity (Wildman–Crippen MR) is 304 cm³/mol. The largest absolute Gasteiger partial charge is 0.385 e. The van der Waals surface area contributed by atoms with Crippen molar-refractivity contribution in [2.45, 2.75) is 94.4 Å². The van der Waals surface area contributed by atoms with Crippen LogP contribution in [0.25, 0.3) is 46.6 Å². The quantitative estimate of drug-likeness (QED) is 0.113. The smallest absolute Gasteiger partial charge is 0.108 e. The van der Waals surface area contributed by atoms with E-state index in [1.165, 1.54) is 39.3 Å². The first-order valence-corrected chi connectivity index (χ1v) is 23.8. The maximum absolute atomic E-state index is 7.01. The van der Waals surface area contributed by atoms with E-state index in [0.29, 0.717) is 11.7 Å². The maximum Gasteiger partial charge on any atom is 0.108 e. The first-order valence-electron chi connectivity index (χ1n) is 23.8. The normalized spacial score (nSPS) is 14.6. The van der Waals surface area contributed by atoms with Gasteiger partial charge in [-0.05, 0) is 124 Å². The number of anilines is 1. The Balaban J connectivity index is 0.000000355. The number of nitrogens with two attached hydrogens (primary N) is 1. The van der Waals surface area contributed by atoms with Crippen molar-refractivity contribution in [1.82, 2.24) is 4.57 Å². The zero-order valence-corrected chi connectivity index (χ0v) is 42.5. The fourth-order valence-corrected chi connectivity index (χ4v) is 8.40. The Kier molecular flexibility index (Phi) is 22.7. The minimum atomic E-state index is 0.265. The lowest BCUT2D eigenvalue weighted by Crippen LogP contribution is -2.27. The van der Waals surface area contributed by atoms with Crippen LogP contribution in [0.15, 0.2) is 201 Å². The van der Waals surface area contributed by atoms with Crippen molar-refractivity contribution in [2.24, 2.45) is 5.73 Å². The summed E-state index contributed by atoms with van der Waals surface area (Å²) in [7, 11) is 0. The highest BCUT2D eigenvalue weighted by Gasteiger charge is 2.28. The van der Waals surface area contributed by atoms with Gasteiger partial charge in [-0.3, -0.25) is 4.57 Å². The van der Waals surface area contributed by atoms with Gasteiger partial charge < -0.3 is 10.6 Å². The van der Waals surface area contributed by atoms with Crippen molar-refractivity contribution in [3.8, 4) is 0 Å². The number of fused-ring (bicyclic) bond motifs is 2. The lowest BCUT2D eigenvalue weighted by Gasteiger charge is -2.37. The fourth-order valence-electron chi connectivity index (χ4n) is 8.40. The fraction of sp³-hybridized carbons (Fsp3) is 0.219. The van der Waals surface area contributed by atoms with Gasteiger partial charge in [-0.2, -0.15) is 0 Å². The number of allylic oxidation sites excluding steroid dienone is 14. The average Bonchev–Trinajstić information content (AvgIpc) is 3.68. The molecule has 2 heterocycles. The predicted octanol–water partition coefficient (Wildman–Crippen LogP) is 18.7. The Morgan fingerprint density at radius 3 is 1.90 bits per heavy atom. The van der Waals surface area contributed by atoms with Crippen LogP contribution in [0.4, 0.5) is 5.69 Å². The van der Waals surface area contributed by atoms with Gasteiger partial charge in [0.05, 0.1) is 11.2 Å². The molecule has 0 saturated heterocycles. The van der Waals surface area contributed by atoms with Gasteiger partial charge in [-0.1, -0.05) is 211 Å². The summed E-state index contributed by atoms with van der Waals surface area (Å²) in [6.45, 7) is 38.7. The Hall–Kier alpha value is -7.10. The molecule has 1 aromatic heterocycles. The number of benzene rings is 4. The Labute approximate surface area is 405 Å². The third-order valence-corrected chi connectivity index (χ3v) is 11.6. The molecule has 6 rings (SSSR count). The van der Waals surface area contributed by atoms with Crippen LogP contribution in [0.1, 0.15) is 132 Å². The Morgan fingerprint density at radius 1 is 0.746 bits per heavy atom. The summed E-state index contributed by atoms with van der Waals surface area (Å²) in [6, 6.07) is 32.1. The van der Waals surface area contributed by atoms with Crippen LogP contribution in [0.3, 0.4) is 0 Å². The van der Waals surface area contributed by atoms with Gasteiger partial charge in [-0.15, -0.1) is 0 Å². The number of aromatic nitrogens is 1. The minimum Gasteiger partial charge on any atom is -0.385 e. The van der Waals surface area contributed by atoms with E-state index in [4.69, 9.17) is 5.73 Å². The van der Waals surface area contributed by atoms with Gasteiger partial charge in [-0.25, -0.2) is 0 Å². The molecule has 0 saturated carbocycles. The van der Waals surface area contributed by atoms with Crippen LogP contribution in [0, 0.1) is 6.92 Å². The van der Waals surface area contributed by atoms with E-state index in [1.807, 2.05) is 71.1 Å². The van der Waals surface area contributed by atoms with Crippen LogP contribution >= 0.6 is 0 Å². The lowest BCUT2D eigenvalue weighted by molar-refractivity contribution is 0.807. The third-order valence-electron chi connectivity index (χ3n) is 11.6. The molecule has 0 aliphatic carbocycles. The van der Waals surface area contributed by atoms with Gasteiger partial charge in [0.25, 0.3) is 0 Å². The number of nitrogens with zero attached hydrogens (tertiary/aromatic N) is 2. The molecule has 1 aliphatic heterocycles. The highest BCUT2D eigenvalue weighted by atomic mass is 15.2. The molecular formula is C64H77N3. The molecule has 348 valence electrons. The molecule has 0 amide bonds. The first-order chi connectivity index (χ1) is 32.5. The molecule has 4 aromatic carbocycles. The zero-order valence-electron chi connectivity index (χ0n) is 42.5. The van der Waals surface area contributed by atoms with Gasteiger partial charge in [0.1, 0.15) is 5.82 Å². The Morgan fingerprint density at radius 2 is 1.37 bits per heavy atom. The zero-order chi connectivity index (χ0) is 49.5. The molecule has 0 radical (unpaired) electrons. The molecule has 3 nitrogen and oxygen atoms in total. The van der Waals surface area contributed by atoms with Crippen molar-refractivity contribution in [3.05, 3.63) is 246 Å². The summed E-state index contributed by atoms with van der Waals surface area (Å²) < 4.78 is 2.12. The molecule has 0 fully saturated rings. The minimum absolute atomic E-state index is 0.265. The summed E-state index contributed by atoms with van der Waals surface area (Å²) in [5.74, 6) is 1.28. The second-order valence-corrected chi connectivity index (χ2v) is 15.8. The second kappa shape index (κ2) is 28.1. The molecule has 5 aromatic rings. The molecule has 2 N–H and O–H groups in total. The standard InChI is InChI=1S/C37H38N2.C20H25N.C5H8.C2H6/c1-6-17-32-27(8-3)23-24-35-37(32)33(18-7-2)34(10-5)39(35)36(38)26-31(30-21-15-12-16-22-30)25-28(9-4)29-19-13-11-14-20-29;1-7-10-17-16(6)18-13-14(4)11-12-20(18)21(15(5)8-2)19(17)9-3;1-3-5-4-2;1-2/h6-8,10-26,28H,3,5,9,38H2,1-2,4H3;7-13,16H,3H2,1-2,4-6H3;3-5H,1H2,2H3;1-2H3/b17-6-,18-7-,31-25+,36-26+;10-7-,15-8+;5-4-;. The Bertz CT molecular complexity index is 2680. The van der Waals surface area contributed by atoms with Crippen molar-refractivity contribution >= 4 is 52.3 Å². The number of rotatable bonds is 14. The summed E-state index contributed by atoms with van der Waals surface area (Å²) in [6.07, 6.45) is 31.7. The van der Waals surface area contributed by atoms with E-state index in [-0.39, 0.29) is 5.92 Å². The van der Waals surface area contributed by atoms with Crippen molar-refractivity contribution in [3.63, 3.8) is 0 Å². The SMILES string of the molecule is C=C/C=C\C.C=CC1=C(/C=C\C)C(C)c2cc(C)ccc2N1/C(C)=C/C.C=Cc1ccc2c(c1/C=C\C)c(/C=C\C)c(C=C)n2/C(N)=C/C(=C\C(CC)c1ccccc1)c1ccccc1.CC. The maximum atomic E-state index is 7.01. The molecule has 67 heavy (non-hydrogen) atoms. The molecule has 0 bridgehead atoms. The van der Waals surface area contributed by atoms with Crippen molar-refractivity contribution in [2.75, 3.05) is 4.90 Å². The molecule has 1 aliphatic rings. The van der Waals surface area contributed by atoms with E-state index in [9.17, 15) is 0 Å². The van der Waals surface area contributed by atoms with E-state index in [1.54, 1.807) is 6.08 Å². The summed E-state index contributed by atoms with van der Waals surface area (Å²) in [4.78, 5) is 2.32. The van der Waals surface area contributed by atoms with Crippen LogP contribution in [0.5, 0.6) is 0 Å². The topological polar surface area (TPSA) is 34.2 Å². The summed E-state index contributed by atoms with van der Waals surface area (Å²) in [5.41, 5.74) is 23.5. The van der Waals surface area contributed by atoms with Crippen LogP contribution in [0.2, 0.25) is 0 Å². The van der Waals surface area contributed by atoms with Gasteiger partial charge in [0.15, 0.2) is 0 Å². The van der Waals surface area contributed by atoms with Crippen LogP contribution < -0.4 is 10.6 Å². The van der Waals surface area contributed by atoms with Gasteiger partial charge >= 0.3 is 0 Å². The molecular weight excluding hydrogens is 811 g/mol. The molecule has 2 atom stereocenters. The van der Waals surface area contributed by atoms with Crippen molar-refractivity contribution < 1.29 is 0 Å².